The monoisotopic (exact) mass is 598 g/mol. The maximum absolute atomic E-state index is 13.4. The van der Waals surface area contributed by atoms with Crippen LogP contribution in [0.1, 0.15) is 22.8 Å². The first-order chi connectivity index (χ1) is 20.2. The lowest BCUT2D eigenvalue weighted by atomic mass is 10.1. The molecule has 214 valence electrons. The van der Waals surface area contributed by atoms with Crippen molar-refractivity contribution in [3.8, 4) is 0 Å². The van der Waals surface area contributed by atoms with Gasteiger partial charge in [0.15, 0.2) is 0 Å². The maximum Gasteiger partial charge on any atom is 0.272 e. The molecule has 4 aromatic rings. The summed E-state index contributed by atoms with van der Waals surface area (Å²) in [6, 6.07) is 30.5. The number of hydrogen-bond acceptors (Lipinski definition) is 5. The Labute approximate surface area is 255 Å². The van der Waals surface area contributed by atoms with Gasteiger partial charge in [-0.3, -0.25) is 14.4 Å². The minimum Gasteiger partial charge on any atom is -0.378 e. The van der Waals surface area contributed by atoms with E-state index in [1.807, 2.05) is 55.4 Å². The number of nitrogens with one attached hydrogen (secondary N) is 3. The molecular formula is C33H31ClN4O3S. The molecule has 0 fully saturated rings. The maximum atomic E-state index is 13.4. The van der Waals surface area contributed by atoms with Gasteiger partial charge < -0.3 is 20.9 Å². The Hall–Kier alpha value is -4.53. The highest BCUT2D eigenvalue weighted by molar-refractivity contribution is 8.00. The first-order valence-corrected chi connectivity index (χ1v) is 14.4. The number of amides is 3. The summed E-state index contributed by atoms with van der Waals surface area (Å²) in [5.41, 5.74) is 3.43. The minimum absolute atomic E-state index is 0.0915. The molecule has 4 aromatic carbocycles. The Morgan fingerprint density at radius 1 is 0.810 bits per heavy atom. The van der Waals surface area contributed by atoms with E-state index in [4.69, 9.17) is 11.6 Å². The number of rotatable bonds is 10. The molecule has 0 radical (unpaired) electrons. The SMILES string of the molecule is CC(Sc1cccc(NC(=O)/C(=C\c2ccc(N(C)C)cc2)NC(=O)c2ccccc2)c1)C(=O)Nc1cccc(Cl)c1. The van der Waals surface area contributed by atoms with Crippen molar-refractivity contribution in [2.75, 3.05) is 29.6 Å². The number of benzene rings is 4. The normalized spacial score (nSPS) is 11.8. The average Bonchev–Trinajstić information content (AvgIpc) is 2.97. The largest absolute Gasteiger partial charge is 0.378 e. The lowest BCUT2D eigenvalue weighted by Crippen LogP contribution is -2.30. The van der Waals surface area contributed by atoms with Crippen molar-refractivity contribution in [1.82, 2.24) is 5.32 Å². The summed E-state index contributed by atoms with van der Waals surface area (Å²) in [5.74, 6) is -1.05. The summed E-state index contributed by atoms with van der Waals surface area (Å²) in [6.07, 6.45) is 1.64. The Balaban J connectivity index is 1.49. The summed E-state index contributed by atoms with van der Waals surface area (Å²) in [7, 11) is 3.89. The summed E-state index contributed by atoms with van der Waals surface area (Å²) in [4.78, 5) is 41.9. The molecule has 0 spiro atoms. The fraction of sp³-hybridized carbons (Fsp3) is 0.121. The van der Waals surface area contributed by atoms with Gasteiger partial charge in [-0.15, -0.1) is 11.8 Å². The van der Waals surface area contributed by atoms with Gasteiger partial charge in [-0.25, -0.2) is 0 Å². The summed E-state index contributed by atoms with van der Waals surface area (Å²) < 4.78 is 0. The van der Waals surface area contributed by atoms with E-state index in [2.05, 4.69) is 16.0 Å². The van der Waals surface area contributed by atoms with Gasteiger partial charge in [0, 0.05) is 46.6 Å². The lowest BCUT2D eigenvalue weighted by Gasteiger charge is -2.15. The Bertz CT molecular complexity index is 1590. The van der Waals surface area contributed by atoms with Crippen LogP contribution in [0.5, 0.6) is 0 Å². The van der Waals surface area contributed by atoms with Crippen LogP contribution in [0.2, 0.25) is 5.02 Å². The predicted octanol–water partition coefficient (Wildman–Crippen LogP) is 6.93. The third-order valence-corrected chi connectivity index (χ3v) is 7.44. The predicted molar refractivity (Wildman–Crippen MR) is 173 cm³/mol. The van der Waals surface area contributed by atoms with Gasteiger partial charge in [-0.05, 0) is 79.2 Å². The van der Waals surface area contributed by atoms with Gasteiger partial charge in [-0.1, -0.05) is 54.1 Å². The third kappa shape index (κ3) is 8.73. The van der Waals surface area contributed by atoms with E-state index in [1.54, 1.807) is 79.7 Å². The highest BCUT2D eigenvalue weighted by Crippen LogP contribution is 2.27. The summed E-state index contributed by atoms with van der Waals surface area (Å²) in [6.45, 7) is 1.80. The molecule has 3 N–H and O–H groups in total. The molecule has 0 heterocycles. The Morgan fingerprint density at radius 2 is 1.48 bits per heavy atom. The van der Waals surface area contributed by atoms with Crippen molar-refractivity contribution in [1.29, 1.82) is 0 Å². The van der Waals surface area contributed by atoms with Gasteiger partial charge in [0.2, 0.25) is 5.91 Å². The van der Waals surface area contributed by atoms with Crippen molar-refractivity contribution < 1.29 is 14.4 Å². The van der Waals surface area contributed by atoms with E-state index >= 15 is 0 Å². The van der Waals surface area contributed by atoms with E-state index < -0.39 is 17.1 Å². The van der Waals surface area contributed by atoms with Crippen LogP contribution in [-0.2, 0) is 9.59 Å². The van der Waals surface area contributed by atoms with Crippen LogP contribution in [0.15, 0.2) is 114 Å². The molecule has 4 rings (SSSR count). The molecule has 0 aliphatic rings. The molecule has 0 aromatic heterocycles. The van der Waals surface area contributed by atoms with E-state index in [0.29, 0.717) is 22.0 Å². The van der Waals surface area contributed by atoms with Gasteiger partial charge >= 0.3 is 0 Å². The zero-order chi connectivity index (χ0) is 30.1. The Morgan fingerprint density at radius 3 is 2.14 bits per heavy atom. The molecule has 3 amide bonds. The number of carbonyl (C=O) groups is 3. The molecule has 1 unspecified atom stereocenters. The smallest absolute Gasteiger partial charge is 0.272 e. The fourth-order valence-electron chi connectivity index (χ4n) is 3.89. The van der Waals surface area contributed by atoms with Crippen LogP contribution in [0.25, 0.3) is 6.08 Å². The molecule has 0 saturated carbocycles. The molecular weight excluding hydrogens is 568 g/mol. The van der Waals surface area contributed by atoms with E-state index in [1.165, 1.54) is 11.8 Å². The van der Waals surface area contributed by atoms with Gasteiger partial charge in [0.25, 0.3) is 11.8 Å². The zero-order valence-corrected chi connectivity index (χ0v) is 25.0. The first-order valence-electron chi connectivity index (χ1n) is 13.2. The van der Waals surface area contributed by atoms with Crippen LogP contribution in [-0.4, -0.2) is 37.1 Å². The Kier molecular flexibility index (Phi) is 10.4. The second-order valence-electron chi connectivity index (χ2n) is 9.61. The number of halogens is 1. The number of carbonyl (C=O) groups excluding carboxylic acids is 3. The highest BCUT2D eigenvalue weighted by atomic mass is 35.5. The summed E-state index contributed by atoms with van der Waals surface area (Å²) >= 11 is 7.37. The molecule has 0 saturated heterocycles. The second kappa shape index (κ2) is 14.4. The number of anilines is 3. The van der Waals surface area contributed by atoms with Crippen molar-refractivity contribution in [2.24, 2.45) is 0 Å². The topological polar surface area (TPSA) is 90.5 Å². The highest BCUT2D eigenvalue weighted by Gasteiger charge is 2.17. The molecule has 42 heavy (non-hydrogen) atoms. The second-order valence-corrected chi connectivity index (χ2v) is 11.5. The van der Waals surface area contributed by atoms with Crippen LogP contribution in [0.3, 0.4) is 0 Å². The molecule has 0 aliphatic heterocycles. The van der Waals surface area contributed by atoms with Crippen LogP contribution in [0, 0.1) is 0 Å². The third-order valence-electron chi connectivity index (χ3n) is 6.12. The van der Waals surface area contributed by atoms with E-state index in [9.17, 15) is 14.4 Å². The summed E-state index contributed by atoms with van der Waals surface area (Å²) in [5, 5.41) is 8.63. The van der Waals surface area contributed by atoms with Gasteiger partial charge in [0.1, 0.15) is 5.70 Å². The van der Waals surface area contributed by atoms with E-state index in [-0.39, 0.29) is 11.6 Å². The zero-order valence-electron chi connectivity index (χ0n) is 23.4. The first kappa shape index (κ1) is 30.4. The quantitative estimate of drug-likeness (QED) is 0.136. The average molecular weight is 599 g/mol. The molecule has 0 aliphatic carbocycles. The van der Waals surface area contributed by atoms with Crippen molar-refractivity contribution in [3.63, 3.8) is 0 Å². The van der Waals surface area contributed by atoms with Crippen molar-refractivity contribution in [2.45, 2.75) is 17.1 Å². The van der Waals surface area contributed by atoms with Crippen molar-refractivity contribution >= 4 is 64.2 Å². The molecule has 7 nitrogen and oxygen atoms in total. The minimum atomic E-state index is -0.482. The van der Waals surface area contributed by atoms with Crippen LogP contribution >= 0.6 is 23.4 Å². The van der Waals surface area contributed by atoms with E-state index in [0.717, 1.165) is 16.1 Å². The van der Waals surface area contributed by atoms with Crippen LogP contribution in [0.4, 0.5) is 17.1 Å². The standard InChI is InChI=1S/C33H31ClN4O3S/c1-22(31(39)35-26-12-7-11-25(34)20-26)42-29-14-8-13-27(21-29)36-33(41)30(37-32(40)24-9-5-4-6-10-24)19-23-15-17-28(18-16-23)38(2)3/h4-22H,1-3H3,(H,35,39)(H,36,41)(H,37,40)/b30-19+. The number of hydrogen-bond donors (Lipinski definition) is 3. The fourth-order valence-corrected chi connectivity index (χ4v) is 5.01. The molecule has 0 bridgehead atoms. The lowest BCUT2D eigenvalue weighted by molar-refractivity contribution is -0.115. The van der Waals surface area contributed by atoms with Crippen LogP contribution < -0.4 is 20.9 Å². The number of nitrogens with zero attached hydrogens (tertiary/aromatic N) is 1. The van der Waals surface area contributed by atoms with Gasteiger partial charge in [0.05, 0.1) is 5.25 Å². The number of thioether (sulfide) groups is 1. The molecule has 9 heteroatoms. The van der Waals surface area contributed by atoms with Crippen molar-refractivity contribution in [3.05, 3.63) is 125 Å². The molecule has 1 atom stereocenters. The van der Waals surface area contributed by atoms with Gasteiger partial charge in [-0.2, -0.15) is 0 Å².